The third kappa shape index (κ3) is 3.34. The number of thiazole rings is 1. The average molecular weight is 343 g/mol. The Morgan fingerprint density at radius 1 is 1.43 bits per heavy atom. The molecule has 0 radical (unpaired) electrons. The molecule has 1 aromatic heterocycles. The van der Waals surface area contributed by atoms with E-state index in [4.69, 9.17) is 27.9 Å². The first kappa shape index (κ1) is 15.1. The van der Waals surface area contributed by atoms with Gasteiger partial charge in [0.15, 0.2) is 0 Å². The van der Waals surface area contributed by atoms with Crippen LogP contribution in [0.25, 0.3) is 0 Å². The molecule has 112 valence electrons. The van der Waals surface area contributed by atoms with Gasteiger partial charge in [-0.05, 0) is 18.6 Å². The molecular weight excluding hydrogens is 327 g/mol. The van der Waals surface area contributed by atoms with Crippen LogP contribution >= 0.6 is 34.5 Å². The average Bonchev–Trinajstić information content (AvgIpc) is 2.93. The highest BCUT2D eigenvalue weighted by Gasteiger charge is 2.24. The number of benzene rings is 1. The summed E-state index contributed by atoms with van der Waals surface area (Å²) in [6.45, 7) is 3.55. The summed E-state index contributed by atoms with van der Waals surface area (Å²) in [4.78, 5) is 5.75. The maximum absolute atomic E-state index is 6.20. The summed E-state index contributed by atoms with van der Waals surface area (Å²) in [5, 5.41) is 5.85. The molecule has 6 heteroatoms. The van der Waals surface area contributed by atoms with Gasteiger partial charge < -0.3 is 10.1 Å². The maximum Gasteiger partial charge on any atom is 0.142 e. The van der Waals surface area contributed by atoms with E-state index in [9.17, 15) is 0 Å². The van der Waals surface area contributed by atoms with Gasteiger partial charge in [0.25, 0.3) is 0 Å². The van der Waals surface area contributed by atoms with Crippen molar-refractivity contribution in [2.45, 2.75) is 32.4 Å². The van der Waals surface area contributed by atoms with Gasteiger partial charge in [0.1, 0.15) is 10.8 Å². The molecule has 3 nitrogen and oxygen atoms in total. The first-order valence-corrected chi connectivity index (χ1v) is 8.53. The van der Waals surface area contributed by atoms with Crippen molar-refractivity contribution in [3.63, 3.8) is 0 Å². The van der Waals surface area contributed by atoms with Gasteiger partial charge in [-0.1, -0.05) is 30.1 Å². The molecule has 1 atom stereocenters. The van der Waals surface area contributed by atoms with Gasteiger partial charge >= 0.3 is 0 Å². The molecular formula is C15H16Cl2N2OS. The van der Waals surface area contributed by atoms with Crippen molar-refractivity contribution in [2.24, 2.45) is 0 Å². The van der Waals surface area contributed by atoms with Crippen LogP contribution < -0.4 is 10.1 Å². The molecule has 21 heavy (non-hydrogen) atoms. The van der Waals surface area contributed by atoms with Crippen molar-refractivity contribution in [1.82, 2.24) is 10.3 Å². The molecule has 1 aliphatic heterocycles. The summed E-state index contributed by atoms with van der Waals surface area (Å²) in [5.41, 5.74) is 1.03. The largest absolute Gasteiger partial charge is 0.492 e. The fraction of sp³-hybridized carbons (Fsp3) is 0.400. The number of nitrogens with one attached hydrogen (secondary N) is 1. The van der Waals surface area contributed by atoms with Crippen LogP contribution in [0.3, 0.4) is 0 Å². The van der Waals surface area contributed by atoms with Crippen LogP contribution in [0, 0.1) is 0 Å². The highest BCUT2D eigenvalue weighted by atomic mass is 35.5. The molecule has 1 unspecified atom stereocenters. The fourth-order valence-corrected chi connectivity index (χ4v) is 3.82. The Labute approximate surface area is 138 Å². The summed E-state index contributed by atoms with van der Waals surface area (Å²) >= 11 is 14.1. The lowest BCUT2D eigenvalue weighted by atomic mass is 10.0. The Morgan fingerprint density at radius 2 is 2.29 bits per heavy atom. The van der Waals surface area contributed by atoms with E-state index in [1.54, 1.807) is 17.4 Å². The maximum atomic E-state index is 6.20. The van der Waals surface area contributed by atoms with Gasteiger partial charge in [-0.3, -0.25) is 0 Å². The highest BCUT2D eigenvalue weighted by molar-refractivity contribution is 7.11. The second kappa shape index (κ2) is 6.53. The van der Waals surface area contributed by atoms with Gasteiger partial charge in [-0.25, -0.2) is 4.98 Å². The third-order valence-corrected chi connectivity index (χ3v) is 5.16. The molecule has 0 amide bonds. The van der Waals surface area contributed by atoms with E-state index in [-0.39, 0.29) is 6.04 Å². The van der Waals surface area contributed by atoms with E-state index in [2.05, 4.69) is 17.2 Å². The zero-order valence-corrected chi connectivity index (χ0v) is 14.0. The van der Waals surface area contributed by atoms with Crippen LogP contribution in [0.4, 0.5) is 0 Å². The first-order chi connectivity index (χ1) is 10.2. The van der Waals surface area contributed by atoms with Gasteiger partial charge in [0, 0.05) is 40.7 Å². The molecule has 1 aliphatic rings. The number of aryl methyl sites for hydroxylation is 1. The Kier molecular flexibility index (Phi) is 4.69. The minimum Gasteiger partial charge on any atom is -0.492 e. The van der Waals surface area contributed by atoms with Crippen molar-refractivity contribution >= 4 is 34.5 Å². The zero-order chi connectivity index (χ0) is 14.8. The zero-order valence-electron chi connectivity index (χ0n) is 11.7. The van der Waals surface area contributed by atoms with E-state index in [1.807, 2.05) is 12.3 Å². The standard InChI is InChI=1S/C15H16Cl2N2OS/c1-2-10-7-19-14(21-10)8-18-13-3-4-20-15-11(13)5-9(16)6-12(15)17/h5-7,13,18H,2-4,8H2,1H3. The van der Waals surface area contributed by atoms with Crippen molar-refractivity contribution in [3.05, 3.63) is 43.8 Å². The third-order valence-electron chi connectivity index (χ3n) is 3.52. The van der Waals surface area contributed by atoms with Crippen LogP contribution in [-0.4, -0.2) is 11.6 Å². The van der Waals surface area contributed by atoms with E-state index in [0.29, 0.717) is 16.7 Å². The second-order valence-corrected chi connectivity index (χ2v) is 6.99. The summed E-state index contributed by atoms with van der Waals surface area (Å²) < 4.78 is 5.67. The number of rotatable bonds is 4. The number of aromatic nitrogens is 1. The summed E-state index contributed by atoms with van der Waals surface area (Å²) in [7, 11) is 0. The topological polar surface area (TPSA) is 34.2 Å². The molecule has 0 saturated heterocycles. The van der Waals surface area contributed by atoms with Gasteiger partial charge in [-0.2, -0.15) is 0 Å². The van der Waals surface area contributed by atoms with Crippen molar-refractivity contribution in [2.75, 3.05) is 6.61 Å². The number of fused-ring (bicyclic) bond motifs is 1. The lowest BCUT2D eigenvalue weighted by molar-refractivity contribution is 0.252. The lowest BCUT2D eigenvalue weighted by Crippen LogP contribution is -2.26. The number of nitrogens with zero attached hydrogens (tertiary/aromatic N) is 1. The second-order valence-electron chi connectivity index (χ2n) is 4.95. The van der Waals surface area contributed by atoms with Crippen LogP contribution in [0.15, 0.2) is 18.3 Å². The number of hydrogen-bond donors (Lipinski definition) is 1. The van der Waals surface area contributed by atoms with Crippen molar-refractivity contribution in [1.29, 1.82) is 0 Å². The Bertz CT molecular complexity index is 645. The van der Waals surface area contributed by atoms with Crippen LogP contribution in [0.1, 0.15) is 34.8 Å². The predicted molar refractivity (Wildman–Crippen MR) is 87.6 cm³/mol. The van der Waals surface area contributed by atoms with E-state index >= 15 is 0 Å². The SMILES string of the molecule is CCc1cnc(CNC2CCOc3c(Cl)cc(Cl)cc32)s1. The predicted octanol–water partition coefficient (Wildman–Crippen LogP) is 4.63. The van der Waals surface area contributed by atoms with Gasteiger partial charge in [0.2, 0.25) is 0 Å². The smallest absolute Gasteiger partial charge is 0.142 e. The monoisotopic (exact) mass is 342 g/mol. The molecule has 0 spiro atoms. The van der Waals surface area contributed by atoms with Crippen LogP contribution in [0.2, 0.25) is 10.0 Å². The van der Waals surface area contributed by atoms with E-state index in [0.717, 1.165) is 35.7 Å². The molecule has 0 fully saturated rings. The molecule has 0 bridgehead atoms. The molecule has 2 heterocycles. The number of halogens is 2. The highest BCUT2D eigenvalue weighted by Crippen LogP contribution is 2.40. The molecule has 2 aromatic rings. The molecule has 0 saturated carbocycles. The first-order valence-electron chi connectivity index (χ1n) is 6.96. The van der Waals surface area contributed by atoms with Crippen molar-refractivity contribution in [3.8, 4) is 5.75 Å². The minimum atomic E-state index is 0.193. The molecule has 1 N–H and O–H groups in total. The van der Waals surface area contributed by atoms with E-state index in [1.165, 1.54) is 4.88 Å². The molecule has 0 aliphatic carbocycles. The number of ether oxygens (including phenoxy) is 1. The van der Waals surface area contributed by atoms with Crippen LogP contribution in [0.5, 0.6) is 5.75 Å². The van der Waals surface area contributed by atoms with Crippen molar-refractivity contribution < 1.29 is 4.74 Å². The lowest BCUT2D eigenvalue weighted by Gasteiger charge is -2.27. The van der Waals surface area contributed by atoms with E-state index < -0.39 is 0 Å². The fourth-order valence-electron chi connectivity index (χ4n) is 2.44. The Balaban J connectivity index is 1.76. The van der Waals surface area contributed by atoms with Gasteiger partial charge in [-0.15, -0.1) is 11.3 Å². The summed E-state index contributed by atoms with van der Waals surface area (Å²) in [6.07, 6.45) is 3.88. The minimum absolute atomic E-state index is 0.193. The van der Waals surface area contributed by atoms with Crippen LogP contribution in [-0.2, 0) is 13.0 Å². The molecule has 3 rings (SSSR count). The summed E-state index contributed by atoms with van der Waals surface area (Å²) in [6, 6.07) is 3.84. The molecule has 1 aromatic carbocycles. The number of hydrogen-bond acceptors (Lipinski definition) is 4. The Morgan fingerprint density at radius 3 is 3.05 bits per heavy atom. The van der Waals surface area contributed by atoms with Gasteiger partial charge in [0.05, 0.1) is 11.6 Å². The summed E-state index contributed by atoms with van der Waals surface area (Å²) in [5.74, 6) is 0.748. The Hall–Kier alpha value is -0.810. The normalized spacial score (nSPS) is 17.4. The quantitative estimate of drug-likeness (QED) is 0.879.